The van der Waals surface area contributed by atoms with Crippen molar-refractivity contribution >= 4 is 5.69 Å². The molecule has 1 aromatic rings. The Labute approximate surface area is 78.7 Å². The van der Waals surface area contributed by atoms with Crippen LogP contribution in [0.4, 0.5) is 5.69 Å². The summed E-state index contributed by atoms with van der Waals surface area (Å²) in [7, 11) is 3.18. The Morgan fingerprint density at radius 3 is 2.31 bits per heavy atom. The highest BCUT2D eigenvalue weighted by molar-refractivity contribution is 5.42. The van der Waals surface area contributed by atoms with Crippen LogP contribution in [-0.4, -0.2) is 20.8 Å². The number of anilines is 1. The molecule has 3 heteroatoms. The molecule has 0 saturated heterocycles. The first-order valence-corrected chi connectivity index (χ1v) is 4.09. The largest absolute Gasteiger partial charge is 0.379 e. The fraction of sp³-hybridized carbons (Fsp3) is 0.300. The highest BCUT2D eigenvalue weighted by atomic mass is 16.7. The molecule has 13 heavy (non-hydrogen) atoms. The van der Waals surface area contributed by atoms with E-state index in [4.69, 9.17) is 9.47 Å². The minimum atomic E-state index is 0.566. The molecule has 0 bridgehead atoms. The molecule has 0 amide bonds. The van der Waals surface area contributed by atoms with Crippen LogP contribution in [0.25, 0.3) is 0 Å². The van der Waals surface area contributed by atoms with Gasteiger partial charge in [0.15, 0.2) is 0 Å². The predicted molar refractivity (Wildman–Crippen MR) is 52.2 cm³/mol. The summed E-state index contributed by atoms with van der Waals surface area (Å²) in [5.41, 5.74) is 1.05. The molecule has 71 valence electrons. The molecule has 0 atom stereocenters. The average Bonchev–Trinajstić information content (AvgIpc) is 2.21. The summed E-state index contributed by atoms with van der Waals surface area (Å²) in [5, 5.41) is 3.16. The van der Waals surface area contributed by atoms with E-state index < -0.39 is 0 Å². The standard InChI is InChI=1S/C10H14NO2/c1-12-10(13-2)8-11-9-6-4-3-5-7-9/h3-7,11H,8H2,1-2H3. The topological polar surface area (TPSA) is 30.5 Å². The second-order valence-electron chi connectivity index (χ2n) is 2.50. The van der Waals surface area contributed by atoms with Crippen molar-refractivity contribution in [1.29, 1.82) is 0 Å². The summed E-state index contributed by atoms with van der Waals surface area (Å²) < 4.78 is 9.91. The van der Waals surface area contributed by atoms with E-state index in [2.05, 4.69) is 5.32 Å². The summed E-state index contributed by atoms with van der Waals surface area (Å²) in [6, 6.07) is 9.90. The van der Waals surface area contributed by atoms with Crippen LogP contribution in [0.5, 0.6) is 0 Å². The second kappa shape index (κ2) is 5.56. The number of para-hydroxylation sites is 1. The first-order valence-electron chi connectivity index (χ1n) is 4.09. The predicted octanol–water partition coefficient (Wildman–Crippen LogP) is 1.88. The first-order chi connectivity index (χ1) is 6.36. The summed E-state index contributed by atoms with van der Waals surface area (Å²) in [4.78, 5) is 0. The summed E-state index contributed by atoms with van der Waals surface area (Å²) in [5.74, 6) is 0. The number of nitrogens with one attached hydrogen (secondary N) is 1. The van der Waals surface area contributed by atoms with Gasteiger partial charge in [-0.3, -0.25) is 0 Å². The average molecular weight is 180 g/mol. The SMILES string of the molecule is CO[C](CNc1ccccc1)OC. The zero-order chi connectivity index (χ0) is 9.52. The Hall–Kier alpha value is -1.06. The van der Waals surface area contributed by atoms with Crippen LogP contribution in [0.2, 0.25) is 0 Å². The van der Waals surface area contributed by atoms with E-state index in [0.717, 1.165) is 5.69 Å². The van der Waals surface area contributed by atoms with E-state index >= 15 is 0 Å². The highest BCUT2D eigenvalue weighted by Crippen LogP contribution is 2.07. The zero-order valence-electron chi connectivity index (χ0n) is 7.91. The molecule has 3 nitrogen and oxygen atoms in total. The van der Waals surface area contributed by atoms with E-state index in [9.17, 15) is 0 Å². The normalized spacial score (nSPS) is 10.4. The molecular weight excluding hydrogens is 166 g/mol. The van der Waals surface area contributed by atoms with Crippen LogP contribution in [0, 0.1) is 6.29 Å². The lowest BCUT2D eigenvalue weighted by Crippen LogP contribution is -2.15. The van der Waals surface area contributed by atoms with Crippen molar-refractivity contribution in [1.82, 2.24) is 0 Å². The van der Waals surface area contributed by atoms with Crippen LogP contribution in [0.3, 0.4) is 0 Å². The van der Waals surface area contributed by atoms with Gasteiger partial charge in [-0.05, 0) is 12.1 Å². The van der Waals surface area contributed by atoms with Crippen molar-refractivity contribution in [3.05, 3.63) is 36.6 Å². The Bertz CT molecular complexity index is 222. The molecule has 1 N–H and O–H groups in total. The molecule has 0 aliphatic rings. The van der Waals surface area contributed by atoms with Crippen molar-refractivity contribution in [2.24, 2.45) is 0 Å². The Kier molecular flexibility index (Phi) is 4.29. The Morgan fingerprint density at radius 2 is 1.77 bits per heavy atom. The maximum absolute atomic E-state index is 4.95. The van der Waals surface area contributed by atoms with Gasteiger partial charge >= 0.3 is 0 Å². The van der Waals surface area contributed by atoms with Crippen molar-refractivity contribution in [2.75, 3.05) is 26.1 Å². The van der Waals surface area contributed by atoms with Gasteiger partial charge in [-0.2, -0.15) is 0 Å². The summed E-state index contributed by atoms with van der Waals surface area (Å²) >= 11 is 0. The highest BCUT2D eigenvalue weighted by Gasteiger charge is 2.05. The van der Waals surface area contributed by atoms with Gasteiger partial charge in [-0.15, -0.1) is 0 Å². The van der Waals surface area contributed by atoms with Gasteiger partial charge in [-0.1, -0.05) is 18.2 Å². The minimum Gasteiger partial charge on any atom is -0.379 e. The number of rotatable bonds is 5. The van der Waals surface area contributed by atoms with Gasteiger partial charge < -0.3 is 14.8 Å². The Balaban J connectivity index is 2.34. The minimum absolute atomic E-state index is 0.566. The molecule has 1 aromatic carbocycles. The van der Waals surface area contributed by atoms with Crippen molar-refractivity contribution in [3.63, 3.8) is 0 Å². The van der Waals surface area contributed by atoms with Crippen molar-refractivity contribution in [2.45, 2.75) is 0 Å². The third-order valence-corrected chi connectivity index (χ3v) is 1.67. The van der Waals surface area contributed by atoms with E-state index in [1.165, 1.54) is 0 Å². The summed E-state index contributed by atoms with van der Waals surface area (Å²) in [6.45, 7) is 0.566. The maximum atomic E-state index is 4.95. The van der Waals surface area contributed by atoms with Gasteiger partial charge in [-0.25, -0.2) is 0 Å². The molecular formula is C10H14NO2. The Morgan fingerprint density at radius 1 is 1.15 bits per heavy atom. The number of ether oxygens (including phenoxy) is 2. The molecule has 0 aliphatic heterocycles. The fourth-order valence-electron chi connectivity index (χ4n) is 0.958. The number of hydrogen-bond donors (Lipinski definition) is 1. The number of methoxy groups -OCH3 is 2. The van der Waals surface area contributed by atoms with Gasteiger partial charge in [0.25, 0.3) is 0 Å². The van der Waals surface area contributed by atoms with Crippen LogP contribution in [-0.2, 0) is 9.47 Å². The monoisotopic (exact) mass is 180 g/mol. The molecule has 1 rings (SSSR count). The maximum Gasteiger partial charge on any atom is 0.243 e. The van der Waals surface area contributed by atoms with Crippen LogP contribution >= 0.6 is 0 Å². The van der Waals surface area contributed by atoms with Crippen molar-refractivity contribution in [3.8, 4) is 0 Å². The molecule has 0 spiro atoms. The third kappa shape index (κ3) is 3.44. The molecule has 0 saturated carbocycles. The lowest BCUT2D eigenvalue weighted by molar-refractivity contribution is 0.0103. The van der Waals surface area contributed by atoms with Gasteiger partial charge in [0, 0.05) is 19.9 Å². The molecule has 0 aliphatic carbocycles. The third-order valence-electron chi connectivity index (χ3n) is 1.67. The molecule has 0 unspecified atom stereocenters. The zero-order valence-corrected chi connectivity index (χ0v) is 7.91. The molecule has 0 aromatic heterocycles. The van der Waals surface area contributed by atoms with Crippen LogP contribution in [0.15, 0.2) is 30.3 Å². The number of hydrogen-bond acceptors (Lipinski definition) is 3. The first kappa shape index (κ1) is 10.0. The van der Waals surface area contributed by atoms with Gasteiger partial charge in [0.05, 0.1) is 6.54 Å². The molecule has 1 radical (unpaired) electrons. The van der Waals surface area contributed by atoms with E-state index in [-0.39, 0.29) is 0 Å². The lowest BCUT2D eigenvalue weighted by atomic mass is 10.3. The summed E-state index contributed by atoms with van der Waals surface area (Å²) in [6.07, 6.45) is 0.573. The fourth-order valence-corrected chi connectivity index (χ4v) is 0.958. The van der Waals surface area contributed by atoms with E-state index in [0.29, 0.717) is 12.8 Å². The van der Waals surface area contributed by atoms with E-state index in [1.54, 1.807) is 14.2 Å². The second-order valence-corrected chi connectivity index (χ2v) is 2.50. The smallest absolute Gasteiger partial charge is 0.243 e. The molecule has 0 fully saturated rings. The quantitative estimate of drug-likeness (QED) is 0.750. The lowest BCUT2D eigenvalue weighted by Gasteiger charge is -2.12. The number of benzene rings is 1. The van der Waals surface area contributed by atoms with Crippen LogP contribution in [0.1, 0.15) is 0 Å². The molecule has 0 heterocycles. The van der Waals surface area contributed by atoms with Crippen LogP contribution < -0.4 is 5.32 Å². The van der Waals surface area contributed by atoms with E-state index in [1.807, 2.05) is 30.3 Å². The van der Waals surface area contributed by atoms with Crippen molar-refractivity contribution < 1.29 is 9.47 Å². The van der Waals surface area contributed by atoms with Gasteiger partial charge in [0.1, 0.15) is 0 Å². The van der Waals surface area contributed by atoms with Gasteiger partial charge in [0.2, 0.25) is 6.29 Å².